The van der Waals surface area contributed by atoms with Crippen LogP contribution in [0.5, 0.6) is 0 Å². The van der Waals surface area contributed by atoms with E-state index in [-0.39, 0.29) is 18.5 Å². The first-order chi connectivity index (χ1) is 10.6. The molecule has 0 bridgehead atoms. The molecule has 0 radical (unpaired) electrons. The Morgan fingerprint density at radius 2 is 2.18 bits per heavy atom. The van der Waals surface area contributed by atoms with Gasteiger partial charge < -0.3 is 10.0 Å². The number of hydrogen-bond donors (Lipinski definition) is 1. The van der Waals surface area contributed by atoms with Crippen molar-refractivity contribution in [3.8, 4) is 5.69 Å². The highest BCUT2D eigenvalue weighted by molar-refractivity contribution is 5.97. The number of aryl methyl sites for hydroxylation is 1. The van der Waals surface area contributed by atoms with Crippen molar-refractivity contribution in [3.05, 3.63) is 42.0 Å². The zero-order valence-corrected chi connectivity index (χ0v) is 12.1. The Balaban J connectivity index is 1.87. The van der Waals surface area contributed by atoms with Crippen molar-refractivity contribution < 1.29 is 14.7 Å². The first kappa shape index (κ1) is 14.2. The molecule has 0 unspecified atom stereocenters. The third-order valence-corrected chi connectivity index (χ3v) is 3.68. The lowest BCUT2D eigenvalue weighted by atomic mass is 10.1. The maximum absolute atomic E-state index is 12.6. The van der Waals surface area contributed by atoms with Crippen molar-refractivity contribution in [3.63, 3.8) is 0 Å². The van der Waals surface area contributed by atoms with Gasteiger partial charge in [-0.1, -0.05) is 0 Å². The molecule has 1 aromatic carbocycles. The molecule has 7 nitrogen and oxygen atoms in total. The van der Waals surface area contributed by atoms with Crippen LogP contribution in [0.2, 0.25) is 0 Å². The molecule has 3 rings (SSSR count). The molecular formula is C15H16N4O3. The molecule has 0 aliphatic heterocycles. The highest BCUT2D eigenvalue weighted by Crippen LogP contribution is 2.29. The minimum atomic E-state index is -0.989. The number of carboxylic acids is 1. The minimum absolute atomic E-state index is 0.0537. The lowest BCUT2D eigenvalue weighted by Crippen LogP contribution is -2.37. The summed E-state index contributed by atoms with van der Waals surface area (Å²) in [4.78, 5) is 28.9. The van der Waals surface area contributed by atoms with Gasteiger partial charge in [-0.05, 0) is 43.5 Å². The third kappa shape index (κ3) is 2.83. The number of carbonyl (C=O) groups is 2. The van der Waals surface area contributed by atoms with Crippen molar-refractivity contribution in [1.82, 2.24) is 19.7 Å². The van der Waals surface area contributed by atoms with Gasteiger partial charge in [-0.2, -0.15) is 5.10 Å². The van der Waals surface area contributed by atoms with Gasteiger partial charge >= 0.3 is 5.97 Å². The van der Waals surface area contributed by atoms with E-state index < -0.39 is 5.97 Å². The SMILES string of the molecule is Cc1cc(-n2cncn2)ccc1C(=O)N(CC(=O)O)C1CC1. The third-order valence-electron chi connectivity index (χ3n) is 3.68. The van der Waals surface area contributed by atoms with Crippen molar-refractivity contribution in [1.29, 1.82) is 0 Å². The molecule has 1 fully saturated rings. The fraction of sp³-hybridized carbons (Fsp3) is 0.333. The summed E-state index contributed by atoms with van der Waals surface area (Å²) in [6.07, 6.45) is 4.76. The molecule has 114 valence electrons. The van der Waals surface area contributed by atoms with Gasteiger partial charge in [0.15, 0.2) is 0 Å². The Morgan fingerprint density at radius 1 is 1.41 bits per heavy atom. The predicted octanol–water partition coefficient (Wildman–Crippen LogP) is 1.26. The molecule has 1 N–H and O–H groups in total. The van der Waals surface area contributed by atoms with Crippen molar-refractivity contribution in [2.24, 2.45) is 0 Å². The van der Waals surface area contributed by atoms with E-state index in [9.17, 15) is 9.59 Å². The van der Waals surface area contributed by atoms with E-state index in [1.165, 1.54) is 11.2 Å². The van der Waals surface area contributed by atoms with Gasteiger partial charge in [-0.25, -0.2) is 9.67 Å². The van der Waals surface area contributed by atoms with Crippen LogP contribution in [-0.4, -0.2) is 49.2 Å². The Hall–Kier alpha value is -2.70. The minimum Gasteiger partial charge on any atom is -0.480 e. The average molecular weight is 300 g/mol. The molecule has 2 aromatic rings. The van der Waals surface area contributed by atoms with E-state index >= 15 is 0 Å². The number of hydrogen-bond acceptors (Lipinski definition) is 4. The summed E-state index contributed by atoms with van der Waals surface area (Å²) in [6, 6.07) is 5.39. The molecule has 1 aliphatic carbocycles. The molecular weight excluding hydrogens is 284 g/mol. The fourth-order valence-electron chi connectivity index (χ4n) is 2.43. The van der Waals surface area contributed by atoms with E-state index in [1.807, 2.05) is 13.0 Å². The molecule has 0 atom stereocenters. The first-order valence-corrected chi connectivity index (χ1v) is 7.04. The van der Waals surface area contributed by atoms with Gasteiger partial charge in [0.25, 0.3) is 5.91 Å². The first-order valence-electron chi connectivity index (χ1n) is 7.04. The van der Waals surface area contributed by atoms with E-state index in [2.05, 4.69) is 10.1 Å². The fourth-order valence-corrected chi connectivity index (χ4v) is 2.43. The molecule has 1 heterocycles. The zero-order valence-electron chi connectivity index (χ0n) is 12.1. The van der Waals surface area contributed by atoms with Crippen molar-refractivity contribution in [2.75, 3.05) is 6.54 Å². The van der Waals surface area contributed by atoms with Crippen LogP contribution in [-0.2, 0) is 4.79 Å². The lowest BCUT2D eigenvalue weighted by Gasteiger charge is -2.21. The number of benzene rings is 1. The van der Waals surface area contributed by atoms with Crippen LogP contribution in [0.1, 0.15) is 28.8 Å². The van der Waals surface area contributed by atoms with Crippen LogP contribution >= 0.6 is 0 Å². The maximum Gasteiger partial charge on any atom is 0.323 e. The highest BCUT2D eigenvalue weighted by Gasteiger charge is 2.34. The van der Waals surface area contributed by atoms with E-state index in [0.717, 1.165) is 24.1 Å². The second kappa shape index (κ2) is 5.59. The summed E-state index contributed by atoms with van der Waals surface area (Å²) in [6.45, 7) is 1.58. The molecule has 1 amide bonds. The van der Waals surface area contributed by atoms with Gasteiger partial charge in [-0.3, -0.25) is 9.59 Å². The Morgan fingerprint density at radius 3 is 2.73 bits per heavy atom. The normalized spacial score (nSPS) is 13.9. The summed E-state index contributed by atoms with van der Waals surface area (Å²) in [5.74, 6) is -1.22. The van der Waals surface area contributed by atoms with Gasteiger partial charge in [0, 0.05) is 11.6 Å². The van der Waals surface area contributed by atoms with Crippen LogP contribution < -0.4 is 0 Å². The second-order valence-electron chi connectivity index (χ2n) is 5.40. The van der Waals surface area contributed by atoms with Crippen LogP contribution in [0.4, 0.5) is 0 Å². The summed E-state index contributed by atoms with van der Waals surface area (Å²) < 4.78 is 1.61. The number of amides is 1. The van der Waals surface area contributed by atoms with Gasteiger partial charge in [0.1, 0.15) is 19.2 Å². The number of aliphatic carboxylic acids is 1. The molecule has 1 aromatic heterocycles. The number of carboxylic acid groups (broad SMARTS) is 1. The van der Waals surface area contributed by atoms with E-state index in [4.69, 9.17) is 5.11 Å². The van der Waals surface area contributed by atoms with E-state index in [1.54, 1.807) is 23.1 Å². The molecule has 1 aliphatic rings. The molecule has 7 heteroatoms. The molecule has 0 saturated heterocycles. The average Bonchev–Trinajstić information content (AvgIpc) is 3.17. The Kier molecular flexibility index (Phi) is 3.62. The summed E-state index contributed by atoms with van der Waals surface area (Å²) in [5.41, 5.74) is 2.12. The Bertz CT molecular complexity index is 708. The molecule has 22 heavy (non-hydrogen) atoms. The van der Waals surface area contributed by atoms with Gasteiger partial charge in [-0.15, -0.1) is 0 Å². The predicted molar refractivity (Wildman–Crippen MR) is 77.8 cm³/mol. The standard InChI is InChI=1S/C15H16N4O3/c1-10-6-12(19-9-16-8-17-19)4-5-13(10)15(22)18(7-14(20)21)11-2-3-11/h4-6,8-9,11H,2-3,7H2,1H3,(H,20,21). The Labute approximate surface area is 127 Å². The quantitative estimate of drug-likeness (QED) is 0.898. The second-order valence-corrected chi connectivity index (χ2v) is 5.40. The van der Waals surface area contributed by atoms with Gasteiger partial charge in [0.05, 0.1) is 5.69 Å². The number of carbonyl (C=O) groups excluding carboxylic acids is 1. The van der Waals surface area contributed by atoms with Crippen molar-refractivity contribution in [2.45, 2.75) is 25.8 Å². The smallest absolute Gasteiger partial charge is 0.323 e. The van der Waals surface area contributed by atoms with Gasteiger partial charge in [0.2, 0.25) is 0 Å². The molecule has 1 saturated carbocycles. The largest absolute Gasteiger partial charge is 0.480 e. The topological polar surface area (TPSA) is 88.3 Å². The lowest BCUT2D eigenvalue weighted by molar-refractivity contribution is -0.137. The summed E-state index contributed by atoms with van der Waals surface area (Å²) >= 11 is 0. The van der Waals surface area contributed by atoms with Crippen molar-refractivity contribution >= 4 is 11.9 Å². The zero-order chi connectivity index (χ0) is 15.7. The summed E-state index contributed by atoms with van der Waals surface area (Å²) in [7, 11) is 0. The van der Waals surface area contributed by atoms with Crippen LogP contribution in [0.3, 0.4) is 0 Å². The summed E-state index contributed by atoms with van der Waals surface area (Å²) in [5, 5.41) is 13.0. The number of nitrogens with zero attached hydrogens (tertiary/aromatic N) is 4. The maximum atomic E-state index is 12.6. The highest BCUT2D eigenvalue weighted by atomic mass is 16.4. The number of aromatic nitrogens is 3. The monoisotopic (exact) mass is 300 g/mol. The van der Waals surface area contributed by atoms with E-state index in [0.29, 0.717) is 5.56 Å². The van der Waals surface area contributed by atoms with Crippen LogP contribution in [0.25, 0.3) is 5.69 Å². The number of rotatable bonds is 5. The van der Waals surface area contributed by atoms with Crippen LogP contribution in [0, 0.1) is 6.92 Å². The van der Waals surface area contributed by atoms with Crippen LogP contribution in [0.15, 0.2) is 30.9 Å². The molecule has 0 spiro atoms.